The number of hydrogen-bond donors (Lipinski definition) is 1. The topological polar surface area (TPSA) is 12.0 Å². The van der Waals surface area contributed by atoms with Crippen LogP contribution >= 0.6 is 11.8 Å². The Kier molecular flexibility index (Phi) is 6.70. The molecule has 0 radical (unpaired) electrons. The molecule has 1 aliphatic carbocycles. The van der Waals surface area contributed by atoms with Crippen LogP contribution in [-0.4, -0.2) is 24.6 Å². The highest BCUT2D eigenvalue weighted by Gasteiger charge is 2.23. The van der Waals surface area contributed by atoms with E-state index in [4.69, 9.17) is 0 Å². The molecule has 0 heterocycles. The molecule has 0 aromatic heterocycles. The van der Waals surface area contributed by atoms with E-state index in [0.29, 0.717) is 0 Å². The molecule has 0 saturated heterocycles. The molecule has 0 spiro atoms. The number of thioether (sulfide) groups is 1. The quantitative estimate of drug-likeness (QED) is 0.682. The van der Waals surface area contributed by atoms with Gasteiger partial charge in [0.15, 0.2) is 0 Å². The maximum atomic E-state index is 3.65. The van der Waals surface area contributed by atoms with Gasteiger partial charge >= 0.3 is 0 Å². The SMILES string of the molecule is CCNC1CCCCC1CCCSC. The smallest absolute Gasteiger partial charge is 0.00952 e. The Balaban J connectivity index is 2.22. The standard InChI is InChI=1S/C12H25NS/c1-3-13-12-9-5-4-7-11(12)8-6-10-14-2/h11-13H,3-10H2,1-2H3. The molecule has 14 heavy (non-hydrogen) atoms. The van der Waals surface area contributed by atoms with Crippen LogP contribution in [0.4, 0.5) is 0 Å². The van der Waals surface area contributed by atoms with E-state index >= 15 is 0 Å². The molecule has 1 saturated carbocycles. The summed E-state index contributed by atoms with van der Waals surface area (Å²) < 4.78 is 0. The third-order valence-electron chi connectivity index (χ3n) is 3.30. The summed E-state index contributed by atoms with van der Waals surface area (Å²) in [5, 5.41) is 3.65. The Morgan fingerprint density at radius 1 is 1.29 bits per heavy atom. The summed E-state index contributed by atoms with van der Waals surface area (Å²) >= 11 is 1.98. The minimum atomic E-state index is 0.829. The lowest BCUT2D eigenvalue weighted by Gasteiger charge is -2.32. The fourth-order valence-electron chi connectivity index (χ4n) is 2.57. The predicted molar refractivity (Wildman–Crippen MR) is 67.0 cm³/mol. The van der Waals surface area contributed by atoms with Crippen LogP contribution in [0.5, 0.6) is 0 Å². The van der Waals surface area contributed by atoms with Crippen molar-refractivity contribution in [2.24, 2.45) is 5.92 Å². The molecular formula is C12H25NS. The van der Waals surface area contributed by atoms with Crippen molar-refractivity contribution in [3.8, 4) is 0 Å². The highest BCUT2D eigenvalue weighted by atomic mass is 32.2. The van der Waals surface area contributed by atoms with E-state index in [9.17, 15) is 0 Å². The first-order valence-electron chi connectivity index (χ1n) is 6.10. The van der Waals surface area contributed by atoms with E-state index in [1.807, 2.05) is 11.8 Å². The molecule has 0 bridgehead atoms. The van der Waals surface area contributed by atoms with Crippen LogP contribution in [0.2, 0.25) is 0 Å². The summed E-state index contributed by atoms with van der Waals surface area (Å²) in [7, 11) is 0. The van der Waals surface area contributed by atoms with Gasteiger partial charge in [-0.1, -0.05) is 19.8 Å². The van der Waals surface area contributed by atoms with Crippen molar-refractivity contribution in [1.29, 1.82) is 0 Å². The fourth-order valence-corrected chi connectivity index (χ4v) is 3.03. The Hall–Kier alpha value is 0.310. The van der Waals surface area contributed by atoms with Crippen LogP contribution in [0, 0.1) is 5.92 Å². The van der Waals surface area contributed by atoms with Crippen LogP contribution in [0.3, 0.4) is 0 Å². The zero-order valence-electron chi connectivity index (χ0n) is 9.72. The van der Waals surface area contributed by atoms with Gasteiger partial charge in [0.1, 0.15) is 0 Å². The summed E-state index contributed by atoms with van der Waals surface area (Å²) in [6, 6.07) is 0.829. The Labute approximate surface area is 93.4 Å². The Morgan fingerprint density at radius 3 is 2.79 bits per heavy atom. The molecular weight excluding hydrogens is 190 g/mol. The first kappa shape index (κ1) is 12.4. The average molecular weight is 215 g/mol. The van der Waals surface area contributed by atoms with Gasteiger partial charge in [0, 0.05) is 6.04 Å². The Morgan fingerprint density at radius 2 is 2.07 bits per heavy atom. The highest BCUT2D eigenvalue weighted by Crippen LogP contribution is 2.28. The van der Waals surface area contributed by atoms with E-state index < -0.39 is 0 Å². The van der Waals surface area contributed by atoms with Crippen LogP contribution in [-0.2, 0) is 0 Å². The fraction of sp³-hybridized carbons (Fsp3) is 1.00. The van der Waals surface area contributed by atoms with Crippen molar-refractivity contribution in [2.75, 3.05) is 18.6 Å². The molecule has 0 aliphatic heterocycles. The van der Waals surface area contributed by atoms with Crippen molar-refractivity contribution in [2.45, 2.75) is 51.5 Å². The van der Waals surface area contributed by atoms with Crippen LogP contribution in [0.15, 0.2) is 0 Å². The van der Waals surface area contributed by atoms with Crippen molar-refractivity contribution in [3.05, 3.63) is 0 Å². The third-order valence-corrected chi connectivity index (χ3v) is 4.00. The summed E-state index contributed by atoms with van der Waals surface area (Å²) in [4.78, 5) is 0. The van der Waals surface area contributed by atoms with Crippen LogP contribution in [0.25, 0.3) is 0 Å². The average Bonchev–Trinajstić information content (AvgIpc) is 2.21. The van der Waals surface area contributed by atoms with E-state index in [0.717, 1.165) is 18.5 Å². The van der Waals surface area contributed by atoms with E-state index in [1.165, 1.54) is 44.3 Å². The second-order valence-corrected chi connectivity index (χ2v) is 5.33. The van der Waals surface area contributed by atoms with E-state index in [1.54, 1.807) is 0 Å². The second-order valence-electron chi connectivity index (χ2n) is 4.34. The van der Waals surface area contributed by atoms with Crippen LogP contribution in [0.1, 0.15) is 45.4 Å². The molecule has 2 heteroatoms. The van der Waals surface area contributed by atoms with Crippen molar-refractivity contribution in [1.82, 2.24) is 5.32 Å². The molecule has 84 valence electrons. The lowest BCUT2D eigenvalue weighted by atomic mass is 9.82. The summed E-state index contributed by atoms with van der Waals surface area (Å²) in [5.74, 6) is 2.31. The van der Waals surface area contributed by atoms with E-state index in [2.05, 4.69) is 18.5 Å². The number of rotatable bonds is 6. The number of nitrogens with one attached hydrogen (secondary N) is 1. The largest absolute Gasteiger partial charge is 0.314 e. The van der Waals surface area contributed by atoms with Gasteiger partial charge in [-0.3, -0.25) is 0 Å². The van der Waals surface area contributed by atoms with Gasteiger partial charge in [0.25, 0.3) is 0 Å². The van der Waals surface area contributed by atoms with Gasteiger partial charge in [0.2, 0.25) is 0 Å². The van der Waals surface area contributed by atoms with Gasteiger partial charge in [-0.15, -0.1) is 0 Å². The van der Waals surface area contributed by atoms with Crippen molar-refractivity contribution < 1.29 is 0 Å². The molecule has 1 rings (SSSR count). The lowest BCUT2D eigenvalue weighted by Crippen LogP contribution is -2.38. The maximum absolute atomic E-state index is 3.65. The predicted octanol–water partition coefficient (Wildman–Crippen LogP) is 3.30. The Bertz CT molecular complexity index is 136. The number of hydrogen-bond acceptors (Lipinski definition) is 2. The van der Waals surface area contributed by atoms with Gasteiger partial charge in [-0.25, -0.2) is 0 Å². The molecule has 1 aliphatic rings. The molecule has 1 nitrogen and oxygen atoms in total. The van der Waals surface area contributed by atoms with Gasteiger partial charge < -0.3 is 5.32 Å². The molecule has 1 fully saturated rings. The minimum Gasteiger partial charge on any atom is -0.314 e. The zero-order valence-corrected chi connectivity index (χ0v) is 10.5. The summed E-state index contributed by atoms with van der Waals surface area (Å²) in [6.07, 6.45) is 10.8. The summed E-state index contributed by atoms with van der Waals surface area (Å²) in [6.45, 7) is 3.37. The molecule has 1 N–H and O–H groups in total. The minimum absolute atomic E-state index is 0.829. The van der Waals surface area contributed by atoms with Gasteiger partial charge in [-0.2, -0.15) is 11.8 Å². The molecule has 0 aromatic rings. The van der Waals surface area contributed by atoms with Gasteiger partial charge in [0.05, 0.1) is 0 Å². The van der Waals surface area contributed by atoms with Gasteiger partial charge in [-0.05, 0) is 50.2 Å². The lowest BCUT2D eigenvalue weighted by molar-refractivity contribution is 0.251. The monoisotopic (exact) mass is 215 g/mol. The normalized spacial score (nSPS) is 27.9. The molecule has 2 unspecified atom stereocenters. The maximum Gasteiger partial charge on any atom is 0.00952 e. The van der Waals surface area contributed by atoms with Crippen molar-refractivity contribution in [3.63, 3.8) is 0 Å². The molecule has 0 amide bonds. The third kappa shape index (κ3) is 4.22. The highest BCUT2D eigenvalue weighted by molar-refractivity contribution is 7.98. The van der Waals surface area contributed by atoms with E-state index in [-0.39, 0.29) is 0 Å². The first-order valence-corrected chi connectivity index (χ1v) is 7.50. The first-order chi connectivity index (χ1) is 6.88. The second kappa shape index (κ2) is 7.58. The summed E-state index contributed by atoms with van der Waals surface area (Å²) in [5.41, 5.74) is 0. The molecule has 0 aromatic carbocycles. The zero-order chi connectivity index (χ0) is 10.2. The van der Waals surface area contributed by atoms with Crippen LogP contribution < -0.4 is 5.32 Å². The molecule has 2 atom stereocenters. The van der Waals surface area contributed by atoms with Crippen molar-refractivity contribution >= 4 is 11.8 Å².